The number of thiazole rings is 1. The molecule has 11 heteroatoms. The zero-order valence-corrected chi connectivity index (χ0v) is 27.4. The Kier molecular flexibility index (Phi) is 13.6. The van der Waals surface area contributed by atoms with Crippen LogP contribution < -0.4 is 5.32 Å². The highest BCUT2D eigenvalue weighted by Crippen LogP contribution is 2.31. The van der Waals surface area contributed by atoms with E-state index in [2.05, 4.69) is 10.3 Å². The molecule has 2 rings (SSSR count). The van der Waals surface area contributed by atoms with Crippen LogP contribution in [0.25, 0.3) is 0 Å². The van der Waals surface area contributed by atoms with E-state index in [-0.39, 0.29) is 42.9 Å². The first-order valence-electron chi connectivity index (χ1n) is 14.8. The topological polar surface area (TPSA) is 135 Å². The molecule has 0 radical (unpaired) electrons. The summed E-state index contributed by atoms with van der Waals surface area (Å²) < 4.78 is 11.4. The van der Waals surface area contributed by atoms with E-state index in [1.165, 1.54) is 16.2 Å². The van der Waals surface area contributed by atoms with E-state index in [1.54, 1.807) is 40.1 Å². The number of ether oxygens (including phenoxy) is 2. The molecule has 0 aliphatic rings. The van der Waals surface area contributed by atoms with Crippen LogP contribution in [-0.2, 0) is 25.5 Å². The molecule has 0 spiro atoms. The number of rotatable bonds is 15. The van der Waals surface area contributed by atoms with E-state index in [0.29, 0.717) is 17.8 Å². The fraction of sp³-hybridized carbons (Fsp3) is 0.594. The summed E-state index contributed by atoms with van der Waals surface area (Å²) in [6.45, 7) is 12.8. The summed E-state index contributed by atoms with van der Waals surface area (Å²) in [7, 11) is 1.66. The van der Waals surface area contributed by atoms with Gasteiger partial charge in [0, 0.05) is 37.4 Å². The molecule has 0 aliphatic carbocycles. The smallest absolute Gasteiger partial charge is 0.410 e. The summed E-state index contributed by atoms with van der Waals surface area (Å²) in [5.41, 5.74) is 0.457. The van der Waals surface area contributed by atoms with Crippen LogP contribution in [0.2, 0.25) is 0 Å². The second-order valence-corrected chi connectivity index (χ2v) is 13.2. The van der Waals surface area contributed by atoms with Crippen molar-refractivity contribution in [2.45, 2.75) is 104 Å². The quantitative estimate of drug-likeness (QED) is 0.224. The summed E-state index contributed by atoms with van der Waals surface area (Å²) >= 11 is 1.20. The number of hydrogen-bond acceptors (Lipinski definition) is 8. The Morgan fingerprint density at radius 1 is 1.07 bits per heavy atom. The predicted molar refractivity (Wildman–Crippen MR) is 166 cm³/mol. The van der Waals surface area contributed by atoms with E-state index in [9.17, 15) is 24.3 Å². The number of carboxylic acids is 1. The lowest BCUT2D eigenvalue weighted by Gasteiger charge is -2.34. The molecule has 238 valence electrons. The van der Waals surface area contributed by atoms with Gasteiger partial charge in [-0.05, 0) is 51.5 Å². The highest BCUT2D eigenvalue weighted by molar-refractivity contribution is 7.09. The number of esters is 1. The first-order valence-corrected chi connectivity index (χ1v) is 15.7. The maximum Gasteiger partial charge on any atom is 0.410 e. The molecule has 2 unspecified atom stereocenters. The molecule has 1 heterocycles. The summed E-state index contributed by atoms with van der Waals surface area (Å²) in [6.07, 6.45) is 0.554. The Hall–Kier alpha value is -3.47. The molecule has 0 bridgehead atoms. The molecule has 0 fully saturated rings. The van der Waals surface area contributed by atoms with Gasteiger partial charge in [-0.2, -0.15) is 0 Å². The fourth-order valence-corrected chi connectivity index (χ4v) is 5.45. The Morgan fingerprint density at radius 3 is 2.28 bits per heavy atom. The van der Waals surface area contributed by atoms with Crippen molar-refractivity contribution in [3.8, 4) is 0 Å². The van der Waals surface area contributed by atoms with Crippen LogP contribution in [-0.4, -0.2) is 63.7 Å². The van der Waals surface area contributed by atoms with E-state index >= 15 is 0 Å². The standard InChI is InChI=1S/C32H47N3O7S/c1-9-13-27(36)41-26(18-25(20(2)3)35(8)31(40)42-32(5,6)7)29-34-24(19-43-29)28(37)33-23(16-21(4)30(38)39)17-22-14-11-10-12-15-22/h10-12,14-15,19-21,23,25-26H,9,13,16-18H2,1-8H3,(H,33,37)(H,38,39)/t21?,23?,25-,26-/m1/s1. The van der Waals surface area contributed by atoms with Crippen LogP contribution in [0.5, 0.6) is 0 Å². The van der Waals surface area contributed by atoms with Crippen molar-refractivity contribution in [2.24, 2.45) is 11.8 Å². The van der Waals surface area contributed by atoms with E-state index in [4.69, 9.17) is 9.47 Å². The van der Waals surface area contributed by atoms with Crippen molar-refractivity contribution in [2.75, 3.05) is 7.05 Å². The number of aromatic nitrogens is 1. The van der Waals surface area contributed by atoms with Gasteiger partial charge in [-0.25, -0.2) is 9.78 Å². The number of carbonyl (C=O) groups is 4. The van der Waals surface area contributed by atoms with E-state index in [0.717, 1.165) is 5.56 Å². The van der Waals surface area contributed by atoms with Crippen LogP contribution in [0.1, 0.15) is 101 Å². The number of benzene rings is 1. The van der Waals surface area contributed by atoms with Crippen molar-refractivity contribution < 1.29 is 33.8 Å². The second kappa shape index (κ2) is 16.4. The first-order chi connectivity index (χ1) is 20.1. The second-order valence-electron chi connectivity index (χ2n) is 12.3. The number of nitrogens with zero attached hydrogens (tertiary/aromatic N) is 2. The summed E-state index contributed by atoms with van der Waals surface area (Å²) in [5, 5.41) is 14.5. The van der Waals surface area contributed by atoms with Gasteiger partial charge in [-0.3, -0.25) is 14.4 Å². The molecule has 10 nitrogen and oxygen atoms in total. The third-order valence-corrected chi connectivity index (χ3v) is 7.82. The summed E-state index contributed by atoms with van der Waals surface area (Å²) in [4.78, 5) is 56.5. The lowest BCUT2D eigenvalue weighted by atomic mass is 9.96. The average Bonchev–Trinajstić information content (AvgIpc) is 3.40. The van der Waals surface area contributed by atoms with Crippen LogP contribution in [0, 0.1) is 11.8 Å². The van der Waals surface area contributed by atoms with E-state index in [1.807, 2.05) is 51.1 Å². The first kappa shape index (κ1) is 35.7. The number of carbonyl (C=O) groups excluding carboxylic acids is 3. The van der Waals surface area contributed by atoms with Gasteiger partial charge in [-0.15, -0.1) is 11.3 Å². The average molecular weight is 618 g/mol. The van der Waals surface area contributed by atoms with Gasteiger partial charge in [0.2, 0.25) is 0 Å². The van der Waals surface area contributed by atoms with Gasteiger partial charge in [0.15, 0.2) is 6.10 Å². The molecule has 2 amide bonds. The zero-order valence-electron chi connectivity index (χ0n) is 26.6. The number of hydrogen-bond donors (Lipinski definition) is 2. The SMILES string of the molecule is CCCC(=O)O[C@H](C[C@H](C(C)C)N(C)C(=O)OC(C)(C)C)c1nc(C(=O)NC(Cc2ccccc2)CC(C)C(=O)O)cs1. The fourth-order valence-electron chi connectivity index (χ4n) is 4.61. The Balaban J connectivity index is 2.30. The van der Waals surface area contributed by atoms with E-state index < -0.39 is 41.6 Å². The Morgan fingerprint density at radius 2 is 1.72 bits per heavy atom. The van der Waals surface area contributed by atoms with Crippen molar-refractivity contribution >= 4 is 35.3 Å². The predicted octanol–water partition coefficient (Wildman–Crippen LogP) is 6.26. The molecular formula is C32H47N3O7S. The van der Waals surface area contributed by atoms with Crippen molar-refractivity contribution in [1.82, 2.24) is 15.2 Å². The Bertz CT molecular complexity index is 1210. The minimum absolute atomic E-state index is 0.00240. The monoisotopic (exact) mass is 617 g/mol. The van der Waals surface area contributed by atoms with Crippen LogP contribution in [0.3, 0.4) is 0 Å². The van der Waals surface area contributed by atoms with Crippen molar-refractivity contribution in [3.05, 3.63) is 52.0 Å². The highest BCUT2D eigenvalue weighted by atomic mass is 32.1. The van der Waals surface area contributed by atoms with Gasteiger partial charge in [0.25, 0.3) is 5.91 Å². The lowest BCUT2D eigenvalue weighted by Crippen LogP contribution is -2.44. The molecular weight excluding hydrogens is 570 g/mol. The summed E-state index contributed by atoms with van der Waals surface area (Å²) in [6, 6.07) is 8.77. The molecule has 0 aliphatic heterocycles. The van der Waals surface area contributed by atoms with Gasteiger partial charge in [-0.1, -0.05) is 58.0 Å². The molecule has 0 saturated heterocycles. The zero-order chi connectivity index (χ0) is 32.3. The van der Waals surface area contributed by atoms with Crippen LogP contribution in [0.4, 0.5) is 4.79 Å². The van der Waals surface area contributed by atoms with Gasteiger partial charge in [0.1, 0.15) is 16.3 Å². The Labute approximate surface area is 259 Å². The van der Waals surface area contributed by atoms with Crippen LogP contribution >= 0.6 is 11.3 Å². The maximum absolute atomic E-state index is 13.3. The van der Waals surface area contributed by atoms with Crippen molar-refractivity contribution in [3.63, 3.8) is 0 Å². The van der Waals surface area contributed by atoms with Crippen LogP contribution in [0.15, 0.2) is 35.7 Å². The van der Waals surface area contributed by atoms with Gasteiger partial charge < -0.3 is 24.8 Å². The number of amides is 2. The van der Waals surface area contributed by atoms with Gasteiger partial charge >= 0.3 is 18.0 Å². The largest absolute Gasteiger partial charge is 0.481 e. The summed E-state index contributed by atoms with van der Waals surface area (Å²) in [5.74, 6) is -2.41. The molecule has 2 aromatic rings. The number of carboxylic acid groups (broad SMARTS) is 1. The molecule has 1 aromatic heterocycles. The molecule has 4 atom stereocenters. The third-order valence-electron chi connectivity index (χ3n) is 6.88. The minimum atomic E-state index is -0.934. The van der Waals surface area contributed by atoms with Gasteiger partial charge in [0.05, 0.1) is 5.92 Å². The van der Waals surface area contributed by atoms with Crippen molar-refractivity contribution in [1.29, 1.82) is 0 Å². The third kappa shape index (κ3) is 12.0. The highest BCUT2D eigenvalue weighted by Gasteiger charge is 2.33. The maximum atomic E-state index is 13.3. The lowest BCUT2D eigenvalue weighted by molar-refractivity contribution is -0.150. The minimum Gasteiger partial charge on any atom is -0.481 e. The normalized spacial score (nSPS) is 14.3. The number of nitrogens with one attached hydrogen (secondary N) is 1. The molecule has 0 saturated carbocycles. The molecule has 43 heavy (non-hydrogen) atoms. The molecule has 1 aromatic carbocycles. The number of aliphatic carboxylic acids is 1. The molecule has 2 N–H and O–H groups in total.